The predicted molar refractivity (Wildman–Crippen MR) is 93.3 cm³/mol. The third kappa shape index (κ3) is 2.85. The van der Waals surface area contributed by atoms with Crippen LogP contribution < -0.4 is 5.43 Å². The lowest BCUT2D eigenvalue weighted by Gasteiger charge is -2.18. The number of fused-ring (bicyclic) bond motifs is 1. The smallest absolute Gasteiger partial charge is 0.308 e. The molecule has 0 radical (unpaired) electrons. The lowest BCUT2D eigenvalue weighted by molar-refractivity contribution is -0.136. The Labute approximate surface area is 145 Å². The molecule has 0 saturated carbocycles. The third-order valence-electron chi connectivity index (χ3n) is 3.90. The first-order chi connectivity index (χ1) is 11.4. The minimum atomic E-state index is -1.10. The summed E-state index contributed by atoms with van der Waals surface area (Å²) >= 11 is 3.37. The summed E-state index contributed by atoms with van der Waals surface area (Å²) in [7, 11) is 0. The summed E-state index contributed by atoms with van der Waals surface area (Å²) in [6.45, 7) is 1.70. The van der Waals surface area contributed by atoms with Crippen molar-refractivity contribution in [3.8, 4) is 5.69 Å². The molecule has 0 fully saturated rings. The number of aliphatic carboxylic acids is 1. The van der Waals surface area contributed by atoms with Crippen LogP contribution in [0.3, 0.4) is 0 Å². The molecule has 24 heavy (non-hydrogen) atoms. The second-order valence-electron chi connectivity index (χ2n) is 5.44. The van der Waals surface area contributed by atoms with Crippen molar-refractivity contribution in [3.05, 3.63) is 74.2 Å². The van der Waals surface area contributed by atoms with Crippen molar-refractivity contribution in [1.82, 2.24) is 4.57 Å². The number of carbonyl (C=O) groups is 1. The van der Waals surface area contributed by atoms with Crippen molar-refractivity contribution in [3.63, 3.8) is 0 Å². The standard InChI is InChI=1S/C18H13BrFNO3/c1-10-14(9-17(22)23)18(24)15-8-12(20)4-7-16(15)21(10)13-5-2-11(19)3-6-13/h2-8H,9H2,1H3,(H,22,23). The van der Waals surface area contributed by atoms with Crippen molar-refractivity contribution < 1.29 is 14.3 Å². The monoisotopic (exact) mass is 389 g/mol. The Bertz CT molecular complexity index is 1010. The van der Waals surface area contributed by atoms with E-state index in [-0.39, 0.29) is 10.9 Å². The molecule has 0 unspecified atom stereocenters. The van der Waals surface area contributed by atoms with E-state index >= 15 is 0 Å². The van der Waals surface area contributed by atoms with Crippen LogP contribution in [0.25, 0.3) is 16.6 Å². The van der Waals surface area contributed by atoms with E-state index in [2.05, 4.69) is 15.9 Å². The van der Waals surface area contributed by atoms with Crippen molar-refractivity contribution in [2.75, 3.05) is 0 Å². The van der Waals surface area contributed by atoms with Gasteiger partial charge in [-0.2, -0.15) is 0 Å². The number of carboxylic acid groups (broad SMARTS) is 1. The molecule has 0 atom stereocenters. The van der Waals surface area contributed by atoms with Crippen LogP contribution in [-0.2, 0) is 11.2 Å². The maximum absolute atomic E-state index is 13.6. The van der Waals surface area contributed by atoms with Gasteiger partial charge >= 0.3 is 5.97 Å². The second kappa shape index (κ2) is 6.20. The highest BCUT2D eigenvalue weighted by Gasteiger charge is 2.17. The Morgan fingerprint density at radius 2 is 1.88 bits per heavy atom. The topological polar surface area (TPSA) is 59.3 Å². The molecule has 4 nitrogen and oxygen atoms in total. The number of hydrogen-bond donors (Lipinski definition) is 1. The van der Waals surface area contributed by atoms with Crippen LogP contribution in [0.4, 0.5) is 4.39 Å². The van der Waals surface area contributed by atoms with Crippen LogP contribution in [0.5, 0.6) is 0 Å². The molecule has 0 aliphatic rings. The fourth-order valence-corrected chi connectivity index (χ4v) is 3.07. The Balaban J connectivity index is 2.44. The second-order valence-corrected chi connectivity index (χ2v) is 6.35. The molecular weight excluding hydrogens is 377 g/mol. The molecule has 2 aromatic carbocycles. The molecule has 0 bridgehead atoms. The van der Waals surface area contributed by atoms with Crippen LogP contribution in [-0.4, -0.2) is 15.6 Å². The molecule has 0 spiro atoms. The predicted octanol–water partition coefficient (Wildman–Crippen LogP) is 3.83. The molecule has 6 heteroatoms. The van der Waals surface area contributed by atoms with E-state index in [1.54, 1.807) is 11.5 Å². The lowest BCUT2D eigenvalue weighted by atomic mass is 10.0. The number of carboxylic acids is 1. The van der Waals surface area contributed by atoms with Crippen LogP contribution in [0.1, 0.15) is 11.3 Å². The molecule has 0 amide bonds. The number of nitrogens with zero attached hydrogens (tertiary/aromatic N) is 1. The zero-order chi connectivity index (χ0) is 17.4. The number of pyridine rings is 1. The highest BCUT2D eigenvalue weighted by molar-refractivity contribution is 9.10. The molecule has 0 aliphatic heterocycles. The molecule has 1 N–H and O–H groups in total. The largest absolute Gasteiger partial charge is 0.481 e. The Morgan fingerprint density at radius 1 is 1.21 bits per heavy atom. The van der Waals surface area contributed by atoms with Crippen molar-refractivity contribution in [2.24, 2.45) is 0 Å². The van der Waals surface area contributed by atoms with E-state index in [4.69, 9.17) is 5.11 Å². The molecule has 1 heterocycles. The quantitative estimate of drug-likeness (QED) is 0.740. The van der Waals surface area contributed by atoms with E-state index in [1.807, 2.05) is 24.3 Å². The van der Waals surface area contributed by atoms with Gasteiger partial charge in [0.2, 0.25) is 0 Å². The highest BCUT2D eigenvalue weighted by Crippen LogP contribution is 2.23. The summed E-state index contributed by atoms with van der Waals surface area (Å²) in [5.41, 5.74) is 1.54. The first kappa shape index (κ1) is 16.4. The number of aromatic nitrogens is 1. The zero-order valence-electron chi connectivity index (χ0n) is 12.7. The lowest BCUT2D eigenvalue weighted by Crippen LogP contribution is -2.21. The van der Waals surface area contributed by atoms with E-state index in [0.29, 0.717) is 11.2 Å². The Hall–Kier alpha value is -2.47. The van der Waals surface area contributed by atoms with E-state index < -0.39 is 23.6 Å². The molecule has 1 aromatic heterocycles. The van der Waals surface area contributed by atoms with Gasteiger partial charge in [-0.3, -0.25) is 9.59 Å². The van der Waals surface area contributed by atoms with Gasteiger partial charge in [-0.15, -0.1) is 0 Å². The van der Waals surface area contributed by atoms with E-state index in [9.17, 15) is 14.0 Å². The SMILES string of the molecule is Cc1c(CC(=O)O)c(=O)c2cc(F)ccc2n1-c1ccc(Br)cc1. The normalized spacial score (nSPS) is 11.0. The van der Waals surface area contributed by atoms with Crippen molar-refractivity contribution in [2.45, 2.75) is 13.3 Å². The summed E-state index contributed by atoms with van der Waals surface area (Å²) in [4.78, 5) is 23.8. The van der Waals surface area contributed by atoms with Gasteiger partial charge in [0.05, 0.1) is 11.9 Å². The summed E-state index contributed by atoms with van der Waals surface area (Å²) in [6.07, 6.45) is -0.409. The maximum Gasteiger partial charge on any atom is 0.308 e. The van der Waals surface area contributed by atoms with Crippen LogP contribution in [0.2, 0.25) is 0 Å². The average Bonchev–Trinajstić information content (AvgIpc) is 2.54. The molecular formula is C18H13BrFNO3. The average molecular weight is 390 g/mol. The summed E-state index contributed by atoms with van der Waals surface area (Å²) in [5, 5.41) is 9.28. The minimum absolute atomic E-state index is 0.156. The number of halogens is 2. The van der Waals surface area contributed by atoms with Crippen molar-refractivity contribution in [1.29, 1.82) is 0 Å². The Kier molecular flexibility index (Phi) is 4.24. The van der Waals surface area contributed by atoms with Gasteiger partial charge in [-0.1, -0.05) is 15.9 Å². The van der Waals surface area contributed by atoms with E-state index in [0.717, 1.165) is 16.2 Å². The van der Waals surface area contributed by atoms with Gasteiger partial charge in [-0.25, -0.2) is 4.39 Å². The van der Waals surface area contributed by atoms with Crippen molar-refractivity contribution >= 4 is 32.8 Å². The molecule has 3 aromatic rings. The maximum atomic E-state index is 13.6. The highest BCUT2D eigenvalue weighted by atomic mass is 79.9. The van der Waals surface area contributed by atoms with Crippen LogP contribution >= 0.6 is 15.9 Å². The molecule has 0 aliphatic carbocycles. The summed E-state index contributed by atoms with van der Waals surface area (Å²) in [5.74, 6) is -1.64. The van der Waals surface area contributed by atoms with Gasteiger partial charge < -0.3 is 9.67 Å². The van der Waals surface area contributed by atoms with Gasteiger partial charge in [0.25, 0.3) is 0 Å². The van der Waals surface area contributed by atoms with Gasteiger partial charge in [0, 0.05) is 26.8 Å². The third-order valence-corrected chi connectivity index (χ3v) is 4.43. The fraction of sp³-hybridized carbons (Fsp3) is 0.111. The molecule has 0 saturated heterocycles. The summed E-state index contributed by atoms with van der Waals surface area (Å²) < 4.78 is 16.3. The zero-order valence-corrected chi connectivity index (χ0v) is 14.3. The minimum Gasteiger partial charge on any atom is -0.481 e. The first-order valence-corrected chi connectivity index (χ1v) is 7.99. The number of rotatable bonds is 3. The fourth-order valence-electron chi connectivity index (χ4n) is 2.81. The van der Waals surface area contributed by atoms with Gasteiger partial charge in [0.15, 0.2) is 5.43 Å². The van der Waals surface area contributed by atoms with Crippen LogP contribution in [0.15, 0.2) is 51.7 Å². The first-order valence-electron chi connectivity index (χ1n) is 7.20. The molecule has 122 valence electrons. The number of hydrogen-bond acceptors (Lipinski definition) is 2. The van der Waals surface area contributed by atoms with Gasteiger partial charge in [0.1, 0.15) is 5.82 Å². The molecule has 3 rings (SSSR count). The Morgan fingerprint density at radius 3 is 2.50 bits per heavy atom. The van der Waals surface area contributed by atoms with Crippen LogP contribution in [0, 0.1) is 12.7 Å². The number of benzene rings is 2. The summed E-state index contributed by atoms with van der Waals surface area (Å²) in [6, 6.07) is 11.3. The van der Waals surface area contributed by atoms with Gasteiger partial charge in [-0.05, 0) is 49.4 Å². The van der Waals surface area contributed by atoms with E-state index in [1.165, 1.54) is 12.1 Å².